The van der Waals surface area contributed by atoms with E-state index in [0.717, 1.165) is 11.1 Å². The lowest BCUT2D eigenvalue weighted by atomic mass is 10.1. The van der Waals surface area contributed by atoms with Crippen LogP contribution in [0.1, 0.15) is 17.5 Å². The molecule has 9 heteroatoms. The van der Waals surface area contributed by atoms with Crippen LogP contribution < -0.4 is 14.8 Å². The van der Waals surface area contributed by atoms with Gasteiger partial charge in [-0.3, -0.25) is 9.48 Å². The van der Waals surface area contributed by atoms with Gasteiger partial charge in [-0.25, -0.2) is 0 Å². The fourth-order valence-electron chi connectivity index (χ4n) is 2.26. The normalized spacial score (nSPS) is 11.3. The highest BCUT2D eigenvalue weighted by Gasteiger charge is 2.29. The third kappa shape index (κ3) is 6.30. The molecule has 6 nitrogen and oxygen atoms in total. The molecule has 0 saturated heterocycles. The van der Waals surface area contributed by atoms with Gasteiger partial charge in [-0.1, -0.05) is 6.07 Å². The summed E-state index contributed by atoms with van der Waals surface area (Å²) in [6, 6.07) is 4.59. The van der Waals surface area contributed by atoms with Crippen molar-refractivity contribution in [1.29, 1.82) is 0 Å². The Bertz CT molecular complexity index is 744. The van der Waals surface area contributed by atoms with Crippen LogP contribution in [0.2, 0.25) is 0 Å². The van der Waals surface area contributed by atoms with Gasteiger partial charge < -0.3 is 14.8 Å². The first-order valence-corrected chi connectivity index (χ1v) is 7.87. The number of hydrogen-bond donors (Lipinski definition) is 1. The van der Waals surface area contributed by atoms with Crippen LogP contribution in [0.3, 0.4) is 0 Å². The minimum absolute atomic E-state index is 0.00889. The van der Waals surface area contributed by atoms with Gasteiger partial charge in [0.15, 0.2) is 18.1 Å². The lowest BCUT2D eigenvalue weighted by molar-refractivity contribution is -0.153. The highest BCUT2D eigenvalue weighted by molar-refractivity contribution is 5.76. The van der Waals surface area contributed by atoms with Crippen molar-refractivity contribution in [1.82, 2.24) is 15.1 Å². The molecule has 1 amide bonds. The number of carbonyl (C=O) groups is 1. The summed E-state index contributed by atoms with van der Waals surface area (Å²) >= 11 is 0. The van der Waals surface area contributed by atoms with Crippen molar-refractivity contribution in [3.05, 3.63) is 41.7 Å². The number of rotatable bonds is 8. The summed E-state index contributed by atoms with van der Waals surface area (Å²) in [7, 11) is 3.14. The summed E-state index contributed by atoms with van der Waals surface area (Å²) in [6.07, 6.45) is -0.271. The number of nitrogens with one attached hydrogen (secondary N) is 1. The Morgan fingerprint density at radius 3 is 2.65 bits per heavy atom. The van der Waals surface area contributed by atoms with Gasteiger partial charge in [0.25, 0.3) is 0 Å². The average Bonchev–Trinajstić information content (AvgIpc) is 3.01. The summed E-state index contributed by atoms with van der Waals surface area (Å²) in [5.74, 6) is 0.0716. The first-order chi connectivity index (χ1) is 12.3. The molecule has 142 valence electrons. The highest BCUT2D eigenvalue weighted by Crippen LogP contribution is 2.30. The number of aromatic nitrogens is 2. The quantitative estimate of drug-likeness (QED) is 0.775. The zero-order valence-corrected chi connectivity index (χ0v) is 14.5. The van der Waals surface area contributed by atoms with Crippen molar-refractivity contribution in [3.63, 3.8) is 0 Å². The summed E-state index contributed by atoms with van der Waals surface area (Å²) < 4.78 is 48.2. The molecule has 0 aliphatic rings. The molecular weight excluding hydrogens is 351 g/mol. The van der Waals surface area contributed by atoms with E-state index in [9.17, 15) is 18.0 Å². The Morgan fingerprint density at radius 2 is 2.04 bits per heavy atom. The van der Waals surface area contributed by atoms with Crippen LogP contribution in [0.25, 0.3) is 0 Å². The van der Waals surface area contributed by atoms with E-state index >= 15 is 0 Å². The van der Waals surface area contributed by atoms with Gasteiger partial charge in [-0.2, -0.15) is 18.3 Å². The van der Waals surface area contributed by atoms with Gasteiger partial charge in [-0.05, 0) is 24.1 Å². The number of methoxy groups -OCH3 is 1. The monoisotopic (exact) mass is 371 g/mol. The molecule has 0 unspecified atom stereocenters. The third-order valence-electron chi connectivity index (χ3n) is 3.51. The maximum absolute atomic E-state index is 12.2. The molecule has 0 fully saturated rings. The minimum atomic E-state index is -4.42. The van der Waals surface area contributed by atoms with Gasteiger partial charge >= 0.3 is 6.18 Å². The SMILES string of the molecule is COc1cc(CCC(=O)NCc2cnn(C)c2)ccc1OCC(F)(F)F. The van der Waals surface area contributed by atoms with Crippen molar-refractivity contribution in [2.75, 3.05) is 13.7 Å². The predicted molar refractivity (Wildman–Crippen MR) is 87.9 cm³/mol. The molecule has 0 bridgehead atoms. The Labute approximate surface area is 148 Å². The predicted octanol–water partition coefficient (Wildman–Crippen LogP) is 2.62. The van der Waals surface area contributed by atoms with E-state index in [-0.39, 0.29) is 23.8 Å². The van der Waals surface area contributed by atoms with Crippen LogP contribution >= 0.6 is 0 Å². The number of halogens is 3. The minimum Gasteiger partial charge on any atom is -0.493 e. The molecule has 0 saturated carbocycles. The average molecular weight is 371 g/mol. The van der Waals surface area contributed by atoms with Gasteiger partial charge in [0.05, 0.1) is 13.3 Å². The van der Waals surface area contributed by atoms with Crippen molar-refractivity contribution >= 4 is 5.91 Å². The first kappa shape index (κ1) is 19.6. The number of carbonyl (C=O) groups excluding carboxylic acids is 1. The van der Waals surface area contributed by atoms with E-state index < -0.39 is 12.8 Å². The Morgan fingerprint density at radius 1 is 1.27 bits per heavy atom. The summed E-state index contributed by atoms with van der Waals surface area (Å²) in [5, 5.41) is 6.80. The Kier molecular flexibility index (Phi) is 6.48. The molecule has 0 aliphatic heterocycles. The number of amides is 1. The Balaban J connectivity index is 1.85. The number of aryl methyl sites for hydroxylation is 2. The third-order valence-corrected chi connectivity index (χ3v) is 3.51. The van der Waals surface area contributed by atoms with E-state index in [2.05, 4.69) is 10.4 Å². The van der Waals surface area contributed by atoms with Gasteiger partial charge in [0, 0.05) is 31.8 Å². The number of ether oxygens (including phenoxy) is 2. The maximum atomic E-state index is 12.2. The topological polar surface area (TPSA) is 65.4 Å². The molecule has 0 radical (unpaired) electrons. The number of benzene rings is 1. The van der Waals surface area contributed by atoms with Gasteiger partial charge in [0.2, 0.25) is 5.91 Å². The van der Waals surface area contributed by atoms with Crippen LogP contribution in [0.4, 0.5) is 13.2 Å². The molecule has 1 heterocycles. The lowest BCUT2D eigenvalue weighted by Crippen LogP contribution is -2.22. The van der Waals surface area contributed by atoms with Gasteiger partial charge in [0.1, 0.15) is 0 Å². The largest absolute Gasteiger partial charge is 0.493 e. The maximum Gasteiger partial charge on any atom is 0.422 e. The lowest BCUT2D eigenvalue weighted by Gasteiger charge is -2.13. The molecule has 0 spiro atoms. The summed E-state index contributed by atoms with van der Waals surface area (Å²) in [4.78, 5) is 11.9. The van der Waals surface area contributed by atoms with Crippen molar-refractivity contribution in [2.24, 2.45) is 7.05 Å². The molecule has 26 heavy (non-hydrogen) atoms. The molecule has 1 aromatic carbocycles. The molecule has 1 aromatic heterocycles. The number of nitrogens with zero attached hydrogens (tertiary/aromatic N) is 2. The van der Waals surface area contributed by atoms with Crippen LogP contribution in [0.15, 0.2) is 30.6 Å². The van der Waals surface area contributed by atoms with E-state index in [0.29, 0.717) is 13.0 Å². The van der Waals surface area contributed by atoms with Gasteiger partial charge in [-0.15, -0.1) is 0 Å². The smallest absolute Gasteiger partial charge is 0.422 e. The summed E-state index contributed by atoms with van der Waals surface area (Å²) in [5.41, 5.74) is 1.66. The molecule has 2 aromatic rings. The highest BCUT2D eigenvalue weighted by atomic mass is 19.4. The van der Waals surface area contributed by atoms with E-state index in [1.807, 2.05) is 6.20 Å². The van der Waals surface area contributed by atoms with Crippen LogP contribution in [-0.4, -0.2) is 35.6 Å². The molecule has 2 rings (SSSR count). The summed E-state index contributed by atoms with van der Waals surface area (Å²) in [6.45, 7) is -1.00. The standard InChI is InChI=1S/C17H20F3N3O3/c1-23-10-13(9-22-23)8-21-16(24)6-4-12-3-5-14(15(7-12)25-2)26-11-17(18,19)20/h3,5,7,9-10H,4,6,8,11H2,1-2H3,(H,21,24). The van der Waals surface area contributed by atoms with Crippen molar-refractivity contribution in [2.45, 2.75) is 25.6 Å². The zero-order valence-electron chi connectivity index (χ0n) is 14.5. The van der Waals surface area contributed by atoms with Crippen LogP contribution in [-0.2, 0) is 24.8 Å². The van der Waals surface area contributed by atoms with Crippen molar-refractivity contribution in [3.8, 4) is 11.5 Å². The second-order valence-corrected chi connectivity index (χ2v) is 5.69. The van der Waals surface area contributed by atoms with Crippen LogP contribution in [0, 0.1) is 0 Å². The molecule has 0 atom stereocenters. The first-order valence-electron chi connectivity index (χ1n) is 7.87. The van der Waals surface area contributed by atoms with E-state index in [1.54, 1.807) is 30.1 Å². The second kappa shape index (κ2) is 8.59. The molecule has 0 aliphatic carbocycles. The Hall–Kier alpha value is -2.71. The molecular formula is C17H20F3N3O3. The fourth-order valence-corrected chi connectivity index (χ4v) is 2.26. The van der Waals surface area contributed by atoms with Crippen molar-refractivity contribution < 1.29 is 27.4 Å². The zero-order chi connectivity index (χ0) is 19.2. The van der Waals surface area contributed by atoms with E-state index in [1.165, 1.54) is 13.2 Å². The van der Waals surface area contributed by atoms with Crippen LogP contribution in [0.5, 0.6) is 11.5 Å². The number of hydrogen-bond acceptors (Lipinski definition) is 4. The number of alkyl halides is 3. The fraction of sp³-hybridized carbons (Fsp3) is 0.412. The van der Waals surface area contributed by atoms with E-state index in [4.69, 9.17) is 9.47 Å². The molecule has 1 N–H and O–H groups in total. The second-order valence-electron chi connectivity index (χ2n) is 5.69.